The lowest BCUT2D eigenvalue weighted by Gasteiger charge is -2.38. The number of hydrogen-bond acceptors (Lipinski definition) is 7. The number of nitro benzene ring substituents is 1. The predicted octanol–water partition coefficient (Wildman–Crippen LogP) is 3.69. The molecule has 1 atom stereocenters. The average Bonchev–Trinajstić information content (AvgIpc) is 2.84. The number of carbonyl (C=O) groups excluding carboxylic acids is 1. The number of rotatable bonds is 7. The molecule has 0 aliphatic carbocycles. The number of carbonyl (C=O) groups is 1. The van der Waals surface area contributed by atoms with Crippen molar-refractivity contribution in [3.63, 3.8) is 0 Å². The number of nitrogens with one attached hydrogen (secondary N) is 1. The lowest BCUT2D eigenvalue weighted by molar-refractivity contribution is -0.383. The average molecular weight is 450 g/mol. The Morgan fingerprint density at radius 1 is 1.12 bits per heavy atom. The van der Waals surface area contributed by atoms with Gasteiger partial charge in [-0.25, -0.2) is 0 Å². The summed E-state index contributed by atoms with van der Waals surface area (Å²) in [5.74, 6) is 0.716. The van der Waals surface area contributed by atoms with Gasteiger partial charge in [0.2, 0.25) is 5.91 Å². The van der Waals surface area contributed by atoms with E-state index in [9.17, 15) is 14.9 Å². The Morgan fingerprint density at radius 2 is 1.85 bits per heavy atom. The zero-order valence-electron chi connectivity index (χ0n) is 18.7. The van der Waals surface area contributed by atoms with E-state index in [1.807, 2.05) is 44.2 Å². The van der Waals surface area contributed by atoms with Gasteiger partial charge in [0.05, 0.1) is 23.0 Å². The molecule has 1 amide bonds. The third kappa shape index (κ3) is 4.88. The quantitative estimate of drug-likeness (QED) is 0.434. The fraction of sp³-hybridized carbons (Fsp3) is 0.333. The lowest BCUT2D eigenvalue weighted by Crippen LogP contribution is -2.52. The second-order valence-electron chi connectivity index (χ2n) is 7.93. The van der Waals surface area contributed by atoms with Crippen LogP contribution < -0.4 is 15.0 Å². The number of aromatic nitrogens is 1. The van der Waals surface area contributed by atoms with Gasteiger partial charge < -0.3 is 15.0 Å². The number of piperazine rings is 1. The van der Waals surface area contributed by atoms with E-state index in [0.29, 0.717) is 25.1 Å². The summed E-state index contributed by atoms with van der Waals surface area (Å²) in [6.45, 7) is 7.29. The number of hydrogen-bond donors (Lipinski definition) is 1. The summed E-state index contributed by atoms with van der Waals surface area (Å²) in [5, 5.41) is 15.7. The first kappa shape index (κ1) is 22.5. The molecule has 1 N–H and O–H groups in total. The number of anilines is 2. The van der Waals surface area contributed by atoms with Crippen molar-refractivity contribution in [2.45, 2.75) is 19.9 Å². The molecule has 1 aliphatic rings. The molecule has 1 aliphatic heterocycles. The SMILES string of the molecule is CCOc1ccc(NC(=O)[C@@H](C)N2CCN(c3ccc([N+](=O)[O-])c4cnccc34)CC2)cc1. The lowest BCUT2D eigenvalue weighted by atomic mass is 10.1. The number of benzene rings is 2. The van der Waals surface area contributed by atoms with Crippen LogP contribution in [0.3, 0.4) is 0 Å². The fourth-order valence-corrected chi connectivity index (χ4v) is 4.16. The molecule has 0 radical (unpaired) electrons. The summed E-state index contributed by atoms with van der Waals surface area (Å²) in [6, 6.07) is 12.2. The van der Waals surface area contributed by atoms with E-state index in [-0.39, 0.29) is 22.6 Å². The van der Waals surface area contributed by atoms with Crippen molar-refractivity contribution in [2.24, 2.45) is 0 Å². The minimum absolute atomic E-state index is 0.0556. The number of non-ortho nitro benzene ring substituents is 1. The van der Waals surface area contributed by atoms with Crippen LogP contribution in [0.2, 0.25) is 0 Å². The van der Waals surface area contributed by atoms with Crippen molar-refractivity contribution in [3.8, 4) is 5.75 Å². The van der Waals surface area contributed by atoms with Crippen LogP contribution in [0.1, 0.15) is 13.8 Å². The van der Waals surface area contributed by atoms with Gasteiger partial charge in [-0.05, 0) is 50.2 Å². The van der Waals surface area contributed by atoms with Crippen LogP contribution in [-0.4, -0.2) is 59.5 Å². The maximum absolute atomic E-state index is 12.8. The maximum Gasteiger partial charge on any atom is 0.278 e. The molecule has 9 heteroatoms. The Bertz CT molecular complexity index is 1140. The third-order valence-electron chi connectivity index (χ3n) is 5.98. The summed E-state index contributed by atoms with van der Waals surface area (Å²) in [6.07, 6.45) is 3.19. The van der Waals surface area contributed by atoms with Crippen LogP contribution in [-0.2, 0) is 4.79 Å². The number of amides is 1. The molecule has 33 heavy (non-hydrogen) atoms. The van der Waals surface area contributed by atoms with Gasteiger partial charge in [-0.3, -0.25) is 24.8 Å². The van der Waals surface area contributed by atoms with Crippen molar-refractivity contribution in [1.82, 2.24) is 9.88 Å². The number of nitrogens with zero attached hydrogens (tertiary/aromatic N) is 4. The first-order valence-corrected chi connectivity index (χ1v) is 11.0. The largest absolute Gasteiger partial charge is 0.494 e. The first-order chi connectivity index (χ1) is 16.0. The van der Waals surface area contributed by atoms with Gasteiger partial charge in [-0.1, -0.05) is 0 Å². The Labute approximate surface area is 192 Å². The molecule has 0 spiro atoms. The van der Waals surface area contributed by atoms with Crippen LogP contribution in [0, 0.1) is 10.1 Å². The predicted molar refractivity (Wildman–Crippen MR) is 128 cm³/mol. The van der Waals surface area contributed by atoms with Gasteiger partial charge in [0.25, 0.3) is 5.69 Å². The highest BCUT2D eigenvalue weighted by atomic mass is 16.6. The topological polar surface area (TPSA) is 101 Å². The standard InChI is InChI=1S/C24H27N5O4/c1-3-33-19-6-4-18(5-7-19)26-24(30)17(2)27-12-14-28(15-13-27)22-8-9-23(29(31)32)21-16-25-11-10-20(21)22/h4-11,16-17H,3,12-15H2,1-2H3,(H,26,30)/t17-/m1/s1. The van der Waals surface area contributed by atoms with Gasteiger partial charge in [0.1, 0.15) is 5.75 Å². The smallest absolute Gasteiger partial charge is 0.278 e. The van der Waals surface area contributed by atoms with Gasteiger partial charge in [0.15, 0.2) is 0 Å². The number of ether oxygens (including phenoxy) is 1. The Kier molecular flexibility index (Phi) is 6.69. The highest BCUT2D eigenvalue weighted by Crippen LogP contribution is 2.33. The molecule has 172 valence electrons. The molecule has 4 rings (SSSR count). The van der Waals surface area contributed by atoms with Crippen molar-refractivity contribution < 1.29 is 14.5 Å². The molecule has 2 aromatic carbocycles. The van der Waals surface area contributed by atoms with Crippen LogP contribution in [0.4, 0.5) is 17.1 Å². The molecule has 2 heterocycles. The van der Waals surface area contributed by atoms with E-state index < -0.39 is 0 Å². The first-order valence-electron chi connectivity index (χ1n) is 11.0. The van der Waals surface area contributed by atoms with E-state index >= 15 is 0 Å². The van der Waals surface area contributed by atoms with Gasteiger partial charge in [0, 0.05) is 61.4 Å². The summed E-state index contributed by atoms with van der Waals surface area (Å²) >= 11 is 0. The molecule has 0 unspecified atom stereocenters. The molecule has 9 nitrogen and oxygen atoms in total. The molecule has 0 bridgehead atoms. The maximum atomic E-state index is 12.8. The van der Waals surface area contributed by atoms with Crippen molar-refractivity contribution in [2.75, 3.05) is 43.0 Å². The highest BCUT2D eigenvalue weighted by Gasteiger charge is 2.27. The third-order valence-corrected chi connectivity index (χ3v) is 5.98. The van der Waals surface area contributed by atoms with Crippen LogP contribution in [0.15, 0.2) is 54.9 Å². The normalized spacial score (nSPS) is 15.3. The summed E-state index contributed by atoms with van der Waals surface area (Å²) in [4.78, 5) is 32.2. The number of nitro groups is 1. The molecule has 1 saturated heterocycles. The van der Waals surface area contributed by atoms with Gasteiger partial charge in [-0.15, -0.1) is 0 Å². The van der Waals surface area contributed by atoms with Gasteiger partial charge >= 0.3 is 0 Å². The number of pyridine rings is 1. The molecule has 1 fully saturated rings. The summed E-state index contributed by atoms with van der Waals surface area (Å²) < 4.78 is 5.44. The minimum atomic E-state index is -0.379. The fourth-order valence-electron chi connectivity index (χ4n) is 4.16. The molecule has 1 aromatic heterocycles. The minimum Gasteiger partial charge on any atom is -0.494 e. The van der Waals surface area contributed by atoms with E-state index in [2.05, 4.69) is 20.1 Å². The zero-order chi connectivity index (χ0) is 23.4. The second-order valence-corrected chi connectivity index (χ2v) is 7.93. The molecular weight excluding hydrogens is 422 g/mol. The Balaban J connectivity index is 1.40. The van der Waals surface area contributed by atoms with Crippen LogP contribution >= 0.6 is 0 Å². The monoisotopic (exact) mass is 449 g/mol. The van der Waals surface area contributed by atoms with Crippen molar-refractivity contribution >= 4 is 33.7 Å². The van der Waals surface area contributed by atoms with E-state index in [1.54, 1.807) is 24.5 Å². The second kappa shape index (κ2) is 9.83. The molecule has 3 aromatic rings. The Morgan fingerprint density at radius 3 is 2.52 bits per heavy atom. The van der Waals surface area contributed by atoms with Gasteiger partial charge in [-0.2, -0.15) is 0 Å². The van der Waals surface area contributed by atoms with Crippen molar-refractivity contribution in [3.05, 3.63) is 65.0 Å². The molecule has 0 saturated carbocycles. The van der Waals surface area contributed by atoms with E-state index in [4.69, 9.17) is 4.74 Å². The van der Waals surface area contributed by atoms with Crippen LogP contribution in [0.5, 0.6) is 5.75 Å². The number of fused-ring (bicyclic) bond motifs is 1. The van der Waals surface area contributed by atoms with Crippen LogP contribution in [0.25, 0.3) is 10.8 Å². The zero-order valence-corrected chi connectivity index (χ0v) is 18.7. The van der Waals surface area contributed by atoms with E-state index in [1.165, 1.54) is 0 Å². The summed E-state index contributed by atoms with van der Waals surface area (Å²) in [7, 11) is 0. The molecular formula is C24H27N5O4. The Hall–Kier alpha value is -3.72. The van der Waals surface area contributed by atoms with Crippen molar-refractivity contribution in [1.29, 1.82) is 0 Å². The highest BCUT2D eigenvalue weighted by molar-refractivity contribution is 5.99. The summed E-state index contributed by atoms with van der Waals surface area (Å²) in [5.41, 5.74) is 1.74. The van der Waals surface area contributed by atoms with E-state index in [0.717, 1.165) is 35.6 Å².